The van der Waals surface area contributed by atoms with Crippen molar-refractivity contribution in [2.45, 2.75) is 13.5 Å². The van der Waals surface area contributed by atoms with E-state index in [2.05, 4.69) is 5.43 Å². The fraction of sp³-hybridized carbons (Fsp3) is 0.154. The number of hydrogen-bond acceptors (Lipinski definition) is 5. The fourth-order valence-corrected chi connectivity index (χ4v) is 1.93. The first-order valence-corrected chi connectivity index (χ1v) is 5.93. The zero-order valence-electron chi connectivity index (χ0n) is 10.9. The molecule has 0 aliphatic heterocycles. The first-order valence-electron chi connectivity index (χ1n) is 5.93. The fourth-order valence-electron chi connectivity index (χ4n) is 1.93. The molecule has 7 nitrogen and oxygen atoms in total. The molecule has 7 heteroatoms. The number of nitrogen functional groups attached to an aromatic ring is 1. The Hall–Kier alpha value is -2.67. The van der Waals surface area contributed by atoms with Gasteiger partial charge in [-0.25, -0.2) is 0 Å². The normalized spacial score (nSPS) is 10.3. The van der Waals surface area contributed by atoms with Crippen molar-refractivity contribution < 1.29 is 4.92 Å². The highest BCUT2D eigenvalue weighted by atomic mass is 16.6. The van der Waals surface area contributed by atoms with Gasteiger partial charge in [0.1, 0.15) is 5.69 Å². The highest BCUT2D eigenvalue weighted by Gasteiger charge is 2.14. The van der Waals surface area contributed by atoms with Crippen molar-refractivity contribution in [3.05, 3.63) is 68.1 Å². The van der Waals surface area contributed by atoms with E-state index < -0.39 is 4.92 Å². The molecule has 104 valence electrons. The number of aromatic nitrogens is 1. The van der Waals surface area contributed by atoms with Crippen molar-refractivity contribution >= 4 is 11.4 Å². The first-order chi connectivity index (χ1) is 9.52. The minimum Gasteiger partial charge on any atom is -0.318 e. The number of benzene rings is 1. The highest BCUT2D eigenvalue weighted by molar-refractivity contribution is 5.61. The van der Waals surface area contributed by atoms with Crippen LogP contribution >= 0.6 is 0 Å². The van der Waals surface area contributed by atoms with Crippen LogP contribution < -0.4 is 16.8 Å². The van der Waals surface area contributed by atoms with Crippen LogP contribution in [0, 0.1) is 17.0 Å². The van der Waals surface area contributed by atoms with Gasteiger partial charge < -0.3 is 9.99 Å². The SMILES string of the molecule is Cc1cccn(Cc2ccc(NN)c([N+](=O)[O-])c2)c1=O. The molecule has 0 unspecified atom stereocenters. The summed E-state index contributed by atoms with van der Waals surface area (Å²) in [4.78, 5) is 22.3. The smallest absolute Gasteiger partial charge is 0.293 e. The summed E-state index contributed by atoms with van der Waals surface area (Å²) >= 11 is 0. The van der Waals surface area contributed by atoms with Gasteiger partial charge in [0.2, 0.25) is 0 Å². The molecule has 0 aliphatic rings. The van der Waals surface area contributed by atoms with Gasteiger partial charge in [-0.1, -0.05) is 12.1 Å². The van der Waals surface area contributed by atoms with Gasteiger partial charge in [-0.05, 0) is 24.6 Å². The Kier molecular flexibility index (Phi) is 3.81. The Morgan fingerprint density at radius 1 is 1.40 bits per heavy atom. The monoisotopic (exact) mass is 274 g/mol. The van der Waals surface area contributed by atoms with E-state index in [0.717, 1.165) is 0 Å². The molecule has 0 amide bonds. The second-order valence-electron chi connectivity index (χ2n) is 4.38. The summed E-state index contributed by atoms with van der Waals surface area (Å²) in [5.41, 5.74) is 3.56. The summed E-state index contributed by atoms with van der Waals surface area (Å²) in [6.45, 7) is 1.99. The van der Waals surface area contributed by atoms with Gasteiger partial charge in [0.15, 0.2) is 0 Å². The molecule has 2 rings (SSSR count). The molecule has 3 N–H and O–H groups in total. The topological polar surface area (TPSA) is 103 Å². The molecule has 0 saturated carbocycles. The summed E-state index contributed by atoms with van der Waals surface area (Å²) in [7, 11) is 0. The van der Waals surface area contributed by atoms with Crippen LogP contribution in [0.4, 0.5) is 11.4 Å². The number of hydrazine groups is 1. The maximum Gasteiger partial charge on any atom is 0.293 e. The van der Waals surface area contributed by atoms with Crippen LogP contribution in [0.25, 0.3) is 0 Å². The molecule has 0 spiro atoms. The Bertz CT molecular complexity index is 709. The molecule has 0 saturated heterocycles. The van der Waals surface area contributed by atoms with Crippen LogP contribution in [0.1, 0.15) is 11.1 Å². The third-order valence-electron chi connectivity index (χ3n) is 2.98. The Morgan fingerprint density at radius 2 is 2.15 bits per heavy atom. The van der Waals surface area contributed by atoms with Crippen LogP contribution in [0.5, 0.6) is 0 Å². The number of nitro benzene ring substituents is 1. The number of anilines is 1. The minimum absolute atomic E-state index is 0.115. The molecule has 1 heterocycles. The molecule has 0 aliphatic carbocycles. The number of nitrogens with one attached hydrogen (secondary N) is 1. The maximum atomic E-state index is 11.9. The second kappa shape index (κ2) is 5.54. The standard InChI is InChI=1S/C13H14N4O3/c1-9-3-2-6-16(13(9)18)8-10-4-5-11(15-14)12(7-10)17(19)20/h2-7,15H,8,14H2,1H3. The van der Waals surface area contributed by atoms with Crippen LogP contribution in [0.2, 0.25) is 0 Å². The van der Waals surface area contributed by atoms with Gasteiger partial charge in [-0.3, -0.25) is 20.8 Å². The Morgan fingerprint density at radius 3 is 2.80 bits per heavy atom. The molecule has 20 heavy (non-hydrogen) atoms. The van der Waals surface area contributed by atoms with Gasteiger partial charge in [-0.2, -0.15) is 0 Å². The molecule has 0 radical (unpaired) electrons. The van der Waals surface area contributed by atoms with Gasteiger partial charge >= 0.3 is 0 Å². The summed E-state index contributed by atoms with van der Waals surface area (Å²) in [6.07, 6.45) is 1.65. The number of hydrogen-bond donors (Lipinski definition) is 2. The van der Waals surface area contributed by atoms with E-state index in [9.17, 15) is 14.9 Å². The third kappa shape index (κ3) is 2.67. The Labute approximate surface area is 114 Å². The quantitative estimate of drug-likeness (QED) is 0.498. The van der Waals surface area contributed by atoms with Crippen molar-refractivity contribution in [3.8, 4) is 0 Å². The molecule has 0 atom stereocenters. The average molecular weight is 274 g/mol. The predicted octanol–water partition coefficient (Wildman–Crippen LogP) is 1.40. The number of nitro groups is 1. The van der Waals surface area contributed by atoms with Crippen molar-refractivity contribution in [2.75, 3.05) is 5.43 Å². The zero-order chi connectivity index (χ0) is 14.7. The number of pyridine rings is 1. The van der Waals surface area contributed by atoms with Gasteiger partial charge in [0.25, 0.3) is 11.2 Å². The molecular weight excluding hydrogens is 260 g/mol. The minimum atomic E-state index is -0.516. The van der Waals surface area contributed by atoms with Crippen molar-refractivity contribution in [1.82, 2.24) is 4.57 Å². The lowest BCUT2D eigenvalue weighted by molar-refractivity contribution is -0.384. The van der Waals surface area contributed by atoms with Crippen molar-refractivity contribution in [2.24, 2.45) is 5.84 Å². The number of aryl methyl sites for hydroxylation is 1. The summed E-state index contributed by atoms with van der Waals surface area (Å²) < 4.78 is 1.50. The first kappa shape index (κ1) is 13.8. The highest BCUT2D eigenvalue weighted by Crippen LogP contribution is 2.24. The average Bonchev–Trinajstić information content (AvgIpc) is 2.43. The van der Waals surface area contributed by atoms with E-state index in [1.165, 1.54) is 16.7 Å². The van der Waals surface area contributed by atoms with Crippen LogP contribution in [0.3, 0.4) is 0 Å². The van der Waals surface area contributed by atoms with E-state index in [-0.39, 0.29) is 23.5 Å². The molecule has 1 aromatic heterocycles. The Balaban J connectivity index is 2.39. The lowest BCUT2D eigenvalue weighted by Gasteiger charge is -2.08. The third-order valence-corrected chi connectivity index (χ3v) is 2.98. The molecule has 0 fully saturated rings. The number of rotatable bonds is 4. The summed E-state index contributed by atoms with van der Waals surface area (Å²) in [6, 6.07) is 8.11. The lowest BCUT2D eigenvalue weighted by Crippen LogP contribution is -2.21. The number of nitrogens with two attached hydrogens (primary N) is 1. The molecule has 1 aromatic carbocycles. The second-order valence-corrected chi connectivity index (χ2v) is 4.38. The van der Waals surface area contributed by atoms with E-state index in [1.807, 2.05) is 0 Å². The summed E-state index contributed by atoms with van der Waals surface area (Å²) in [5.74, 6) is 5.23. The predicted molar refractivity (Wildman–Crippen MR) is 75.4 cm³/mol. The van der Waals surface area contributed by atoms with Gasteiger partial charge in [0, 0.05) is 17.8 Å². The molecular formula is C13H14N4O3. The summed E-state index contributed by atoms with van der Waals surface area (Å²) in [5, 5.41) is 10.9. The maximum absolute atomic E-state index is 11.9. The molecule has 2 aromatic rings. The van der Waals surface area contributed by atoms with E-state index in [0.29, 0.717) is 11.1 Å². The van der Waals surface area contributed by atoms with Crippen molar-refractivity contribution in [1.29, 1.82) is 0 Å². The van der Waals surface area contributed by atoms with Crippen LogP contribution in [-0.2, 0) is 6.54 Å². The largest absolute Gasteiger partial charge is 0.318 e. The number of nitrogens with zero attached hydrogens (tertiary/aromatic N) is 2. The van der Waals surface area contributed by atoms with E-state index >= 15 is 0 Å². The van der Waals surface area contributed by atoms with E-state index in [1.54, 1.807) is 31.3 Å². The molecule has 0 bridgehead atoms. The van der Waals surface area contributed by atoms with E-state index in [4.69, 9.17) is 5.84 Å². The van der Waals surface area contributed by atoms with Gasteiger partial charge in [-0.15, -0.1) is 0 Å². The lowest BCUT2D eigenvalue weighted by atomic mass is 10.1. The zero-order valence-corrected chi connectivity index (χ0v) is 10.9. The van der Waals surface area contributed by atoms with Crippen LogP contribution in [0.15, 0.2) is 41.3 Å². The van der Waals surface area contributed by atoms with Crippen molar-refractivity contribution in [3.63, 3.8) is 0 Å². The van der Waals surface area contributed by atoms with Gasteiger partial charge in [0.05, 0.1) is 11.5 Å². The van der Waals surface area contributed by atoms with Crippen LogP contribution in [-0.4, -0.2) is 9.49 Å².